The van der Waals surface area contributed by atoms with Crippen molar-refractivity contribution in [2.45, 2.75) is 44.8 Å². The number of rotatable bonds is 5. The van der Waals surface area contributed by atoms with Gasteiger partial charge in [0.25, 0.3) is 5.91 Å². The Bertz CT molecular complexity index is 1110. The Kier molecular flexibility index (Phi) is 6.16. The molecular weight excluding hydrogens is 421 g/mol. The van der Waals surface area contributed by atoms with Crippen LogP contribution in [-0.2, 0) is 12.6 Å². The Balaban J connectivity index is 1.59. The Morgan fingerprint density at radius 2 is 2.09 bits per heavy atom. The summed E-state index contributed by atoms with van der Waals surface area (Å²) in [6, 6.07) is 7.72. The van der Waals surface area contributed by atoms with Crippen molar-refractivity contribution in [1.82, 2.24) is 20.1 Å². The second-order valence-corrected chi connectivity index (χ2v) is 7.61. The number of hydrogen-bond donors (Lipinski definition) is 1. The summed E-state index contributed by atoms with van der Waals surface area (Å²) in [6.07, 6.45) is 2.25. The standard InChI is InChI=1S/C23H23F3N4O2/c1-2-32-21-13-17(10-11-27-21)30-14-18-19(8-3-4-9-20(18)29-30)28-22(31)15-6-5-7-16(12-15)23(24,25)26/h5-7,10-14,19H,2-4,8-9H2,1H3,(H,28,31). The van der Waals surface area contributed by atoms with Gasteiger partial charge in [-0.15, -0.1) is 0 Å². The molecule has 0 saturated heterocycles. The van der Waals surface area contributed by atoms with E-state index in [1.807, 2.05) is 19.2 Å². The molecule has 2 aromatic heterocycles. The van der Waals surface area contributed by atoms with E-state index in [0.717, 1.165) is 48.3 Å². The van der Waals surface area contributed by atoms with Crippen molar-refractivity contribution in [2.24, 2.45) is 0 Å². The van der Waals surface area contributed by atoms with Crippen molar-refractivity contribution in [3.63, 3.8) is 0 Å². The number of nitrogens with one attached hydrogen (secondary N) is 1. The highest BCUT2D eigenvalue weighted by molar-refractivity contribution is 5.94. The lowest BCUT2D eigenvalue weighted by Gasteiger charge is -2.17. The summed E-state index contributed by atoms with van der Waals surface area (Å²) in [5.41, 5.74) is 1.65. The molecule has 1 aliphatic rings. The highest BCUT2D eigenvalue weighted by Crippen LogP contribution is 2.31. The molecule has 168 valence electrons. The van der Waals surface area contributed by atoms with E-state index >= 15 is 0 Å². The van der Waals surface area contributed by atoms with Gasteiger partial charge in [0.05, 0.1) is 29.6 Å². The summed E-state index contributed by atoms with van der Waals surface area (Å²) in [6.45, 7) is 2.37. The Labute approximate surface area is 183 Å². The number of benzene rings is 1. The molecule has 4 rings (SSSR count). The predicted molar refractivity (Wildman–Crippen MR) is 112 cm³/mol. The van der Waals surface area contributed by atoms with Crippen molar-refractivity contribution in [3.8, 4) is 11.6 Å². The van der Waals surface area contributed by atoms with Gasteiger partial charge in [-0.2, -0.15) is 18.3 Å². The van der Waals surface area contributed by atoms with Crippen LogP contribution in [0.15, 0.2) is 48.8 Å². The number of nitrogens with zero attached hydrogens (tertiary/aromatic N) is 3. The first-order valence-electron chi connectivity index (χ1n) is 10.5. The maximum absolute atomic E-state index is 13.0. The maximum Gasteiger partial charge on any atom is 0.416 e. The van der Waals surface area contributed by atoms with Gasteiger partial charge >= 0.3 is 6.18 Å². The normalized spacial score (nSPS) is 16.2. The molecule has 1 amide bonds. The molecule has 1 atom stereocenters. The lowest BCUT2D eigenvalue weighted by atomic mass is 10.0. The van der Waals surface area contributed by atoms with Crippen LogP contribution in [0.5, 0.6) is 5.88 Å². The highest BCUT2D eigenvalue weighted by Gasteiger charge is 2.31. The molecule has 32 heavy (non-hydrogen) atoms. The number of aromatic nitrogens is 3. The minimum Gasteiger partial charge on any atom is -0.478 e. The van der Waals surface area contributed by atoms with Gasteiger partial charge in [0.2, 0.25) is 5.88 Å². The summed E-state index contributed by atoms with van der Waals surface area (Å²) in [7, 11) is 0. The van der Waals surface area contributed by atoms with Crippen LogP contribution in [0.1, 0.15) is 59.4 Å². The zero-order valence-electron chi connectivity index (χ0n) is 17.5. The number of ether oxygens (including phenoxy) is 1. The number of fused-ring (bicyclic) bond motifs is 1. The van der Waals surface area contributed by atoms with Crippen molar-refractivity contribution in [3.05, 3.63) is 71.2 Å². The van der Waals surface area contributed by atoms with Crippen molar-refractivity contribution < 1.29 is 22.7 Å². The summed E-state index contributed by atoms with van der Waals surface area (Å²) in [5.74, 6) is -0.0469. The van der Waals surface area contributed by atoms with E-state index in [-0.39, 0.29) is 11.6 Å². The molecule has 6 nitrogen and oxygen atoms in total. The molecule has 1 unspecified atom stereocenters. The van der Waals surface area contributed by atoms with Gasteiger partial charge in [0.1, 0.15) is 0 Å². The maximum atomic E-state index is 13.0. The Morgan fingerprint density at radius 3 is 2.88 bits per heavy atom. The number of carbonyl (C=O) groups is 1. The molecule has 0 bridgehead atoms. The highest BCUT2D eigenvalue weighted by atomic mass is 19.4. The minimum absolute atomic E-state index is 0.0199. The SMILES string of the molecule is CCOc1cc(-n2cc3c(n2)CCCCC3NC(=O)c2cccc(C(F)(F)F)c2)ccn1. The van der Waals surface area contributed by atoms with Crippen molar-refractivity contribution in [2.75, 3.05) is 6.61 Å². The Morgan fingerprint density at radius 1 is 1.25 bits per heavy atom. The number of amides is 1. The molecule has 0 saturated carbocycles. The molecule has 3 aromatic rings. The Hall–Kier alpha value is -3.36. The van der Waals surface area contributed by atoms with Crippen LogP contribution in [0, 0.1) is 0 Å². The molecule has 0 radical (unpaired) electrons. The van der Waals surface area contributed by atoms with Gasteiger partial charge in [-0.3, -0.25) is 4.79 Å². The lowest BCUT2D eigenvalue weighted by Crippen LogP contribution is -2.28. The van der Waals surface area contributed by atoms with Gasteiger partial charge in [-0.25, -0.2) is 9.67 Å². The topological polar surface area (TPSA) is 69.0 Å². The van der Waals surface area contributed by atoms with Gasteiger partial charge in [-0.1, -0.05) is 12.5 Å². The second kappa shape index (κ2) is 9.02. The van der Waals surface area contributed by atoms with Crippen LogP contribution in [0.2, 0.25) is 0 Å². The first-order valence-corrected chi connectivity index (χ1v) is 10.5. The molecule has 2 heterocycles. The van der Waals surface area contributed by atoms with Crippen LogP contribution in [-0.4, -0.2) is 27.3 Å². The number of alkyl halides is 3. The summed E-state index contributed by atoms with van der Waals surface area (Å²) < 4.78 is 46.3. The number of carbonyl (C=O) groups excluding carboxylic acids is 1. The molecule has 9 heteroatoms. The molecule has 1 aromatic carbocycles. The van der Waals surface area contributed by atoms with E-state index in [9.17, 15) is 18.0 Å². The van der Waals surface area contributed by atoms with Crippen LogP contribution in [0.25, 0.3) is 5.69 Å². The van der Waals surface area contributed by atoms with Gasteiger partial charge in [0, 0.05) is 29.6 Å². The summed E-state index contributed by atoms with van der Waals surface area (Å²) in [5, 5.41) is 7.60. The van der Waals surface area contributed by atoms with Crippen LogP contribution < -0.4 is 10.1 Å². The van der Waals surface area contributed by atoms with E-state index in [0.29, 0.717) is 18.9 Å². The van der Waals surface area contributed by atoms with Gasteiger partial charge in [0.15, 0.2) is 0 Å². The van der Waals surface area contributed by atoms with Crippen molar-refractivity contribution >= 4 is 5.91 Å². The largest absolute Gasteiger partial charge is 0.478 e. The number of halogens is 3. The smallest absolute Gasteiger partial charge is 0.416 e. The fourth-order valence-corrected chi connectivity index (χ4v) is 3.83. The summed E-state index contributed by atoms with van der Waals surface area (Å²) >= 11 is 0. The fraction of sp³-hybridized carbons (Fsp3) is 0.348. The molecule has 1 aliphatic carbocycles. The molecule has 0 spiro atoms. The number of aryl methyl sites for hydroxylation is 1. The second-order valence-electron chi connectivity index (χ2n) is 7.61. The fourth-order valence-electron chi connectivity index (χ4n) is 3.83. The van der Waals surface area contributed by atoms with E-state index in [2.05, 4.69) is 10.3 Å². The molecule has 0 aliphatic heterocycles. The third kappa shape index (κ3) is 4.76. The zero-order valence-corrected chi connectivity index (χ0v) is 17.5. The summed E-state index contributed by atoms with van der Waals surface area (Å²) in [4.78, 5) is 16.9. The van der Waals surface area contributed by atoms with Gasteiger partial charge in [-0.05, 0) is 50.5 Å². The average molecular weight is 444 g/mol. The van der Waals surface area contributed by atoms with E-state index in [1.165, 1.54) is 12.1 Å². The van der Waals surface area contributed by atoms with E-state index in [1.54, 1.807) is 16.9 Å². The third-order valence-corrected chi connectivity index (χ3v) is 5.39. The van der Waals surface area contributed by atoms with E-state index in [4.69, 9.17) is 9.84 Å². The minimum atomic E-state index is -4.50. The van der Waals surface area contributed by atoms with Crippen molar-refractivity contribution in [1.29, 1.82) is 0 Å². The lowest BCUT2D eigenvalue weighted by molar-refractivity contribution is -0.137. The quantitative estimate of drug-likeness (QED) is 0.570. The van der Waals surface area contributed by atoms with E-state index < -0.39 is 17.6 Å². The average Bonchev–Trinajstić information content (AvgIpc) is 3.11. The van der Waals surface area contributed by atoms with Gasteiger partial charge < -0.3 is 10.1 Å². The number of hydrogen-bond acceptors (Lipinski definition) is 4. The first kappa shape index (κ1) is 21.9. The first-order chi connectivity index (χ1) is 15.3. The molecule has 1 N–H and O–H groups in total. The predicted octanol–water partition coefficient (Wildman–Crippen LogP) is 4.88. The van der Waals surface area contributed by atoms with Crippen LogP contribution in [0.3, 0.4) is 0 Å². The molecular formula is C23H23F3N4O2. The third-order valence-electron chi connectivity index (χ3n) is 5.39. The molecule has 0 fully saturated rings. The number of pyridine rings is 1. The monoisotopic (exact) mass is 444 g/mol. The van der Waals surface area contributed by atoms with Crippen LogP contribution >= 0.6 is 0 Å². The zero-order chi connectivity index (χ0) is 22.7. The van der Waals surface area contributed by atoms with Crippen LogP contribution in [0.4, 0.5) is 13.2 Å².